The molecule has 1 aromatic carbocycles. The van der Waals surface area contributed by atoms with Crippen LogP contribution in [0.15, 0.2) is 24.3 Å². The van der Waals surface area contributed by atoms with Crippen molar-refractivity contribution in [2.45, 2.75) is 13.8 Å². The van der Waals surface area contributed by atoms with Crippen LogP contribution in [0.4, 0.5) is 10.1 Å². The third-order valence-corrected chi connectivity index (χ3v) is 3.16. The number of hydrogen-bond acceptors (Lipinski definition) is 3. The predicted octanol–water partition coefficient (Wildman–Crippen LogP) is 2.81. The van der Waals surface area contributed by atoms with E-state index in [0.717, 1.165) is 0 Å². The van der Waals surface area contributed by atoms with Crippen LogP contribution in [0.25, 0.3) is 0 Å². The number of rotatable bonds is 3. The molecule has 0 spiro atoms. The number of carbonyl (C=O) groups is 2. The molecule has 0 radical (unpaired) electrons. The third-order valence-electron chi connectivity index (χ3n) is 3.16. The highest BCUT2D eigenvalue weighted by atomic mass is 19.1. The van der Waals surface area contributed by atoms with E-state index in [1.165, 1.54) is 31.4 Å². The summed E-state index contributed by atoms with van der Waals surface area (Å²) in [5.41, 5.74) is 2.16. The van der Waals surface area contributed by atoms with Crippen LogP contribution in [-0.4, -0.2) is 24.0 Å². The van der Waals surface area contributed by atoms with Crippen LogP contribution in [0, 0.1) is 19.7 Å². The fraction of sp³-hybridized carbons (Fsp3) is 0.200. The lowest BCUT2D eigenvalue weighted by atomic mass is 10.1. The summed E-state index contributed by atoms with van der Waals surface area (Å²) < 4.78 is 17.5. The van der Waals surface area contributed by atoms with E-state index in [1.54, 1.807) is 13.8 Å². The molecule has 0 saturated carbocycles. The minimum atomic E-state index is -0.498. The van der Waals surface area contributed by atoms with Gasteiger partial charge in [-0.05, 0) is 43.7 Å². The first-order valence-corrected chi connectivity index (χ1v) is 6.28. The molecule has 0 saturated heterocycles. The summed E-state index contributed by atoms with van der Waals surface area (Å²) in [7, 11) is 1.28. The van der Waals surface area contributed by atoms with Gasteiger partial charge in [0.2, 0.25) is 0 Å². The first kappa shape index (κ1) is 14.8. The molecule has 1 aromatic heterocycles. The van der Waals surface area contributed by atoms with Gasteiger partial charge in [0, 0.05) is 11.4 Å². The molecule has 0 fully saturated rings. The second kappa shape index (κ2) is 5.78. The summed E-state index contributed by atoms with van der Waals surface area (Å²) in [4.78, 5) is 26.8. The Labute approximate surface area is 121 Å². The number of aryl methyl sites for hydroxylation is 1. The molecule has 0 atom stereocenters. The van der Waals surface area contributed by atoms with Crippen LogP contribution >= 0.6 is 0 Å². The van der Waals surface area contributed by atoms with Gasteiger partial charge in [-0.2, -0.15) is 0 Å². The Morgan fingerprint density at radius 1 is 1.19 bits per heavy atom. The highest BCUT2D eigenvalue weighted by molar-refractivity contribution is 6.06. The van der Waals surface area contributed by atoms with Crippen LogP contribution in [-0.2, 0) is 4.74 Å². The third kappa shape index (κ3) is 2.94. The Hall–Kier alpha value is -2.63. The molecule has 2 aromatic rings. The summed E-state index contributed by atoms with van der Waals surface area (Å²) >= 11 is 0. The van der Waals surface area contributed by atoms with Gasteiger partial charge in [-0.1, -0.05) is 0 Å². The van der Waals surface area contributed by atoms with Crippen molar-refractivity contribution in [1.82, 2.24) is 4.98 Å². The Morgan fingerprint density at radius 3 is 2.38 bits per heavy atom. The lowest BCUT2D eigenvalue weighted by Gasteiger charge is -2.05. The maximum Gasteiger partial charge on any atom is 0.339 e. The molecule has 110 valence electrons. The van der Waals surface area contributed by atoms with Crippen molar-refractivity contribution in [1.29, 1.82) is 0 Å². The Kier molecular flexibility index (Phi) is 4.07. The lowest BCUT2D eigenvalue weighted by molar-refractivity contribution is 0.0599. The summed E-state index contributed by atoms with van der Waals surface area (Å²) in [5.74, 6) is -1.28. The number of benzene rings is 1. The van der Waals surface area contributed by atoms with Crippen LogP contribution in [0.2, 0.25) is 0 Å². The molecular formula is C15H15FN2O3. The van der Waals surface area contributed by atoms with Crippen molar-refractivity contribution < 1.29 is 18.7 Å². The number of aromatic nitrogens is 1. The monoisotopic (exact) mass is 290 g/mol. The van der Waals surface area contributed by atoms with Crippen molar-refractivity contribution in [3.05, 3.63) is 52.6 Å². The number of methoxy groups -OCH3 is 1. The van der Waals surface area contributed by atoms with E-state index in [4.69, 9.17) is 4.74 Å². The fourth-order valence-electron chi connectivity index (χ4n) is 2.11. The molecule has 0 unspecified atom stereocenters. The largest absolute Gasteiger partial charge is 0.465 e. The van der Waals surface area contributed by atoms with Crippen molar-refractivity contribution in [3.63, 3.8) is 0 Å². The van der Waals surface area contributed by atoms with E-state index in [-0.39, 0.29) is 11.5 Å². The quantitative estimate of drug-likeness (QED) is 0.854. The van der Waals surface area contributed by atoms with E-state index in [9.17, 15) is 14.0 Å². The van der Waals surface area contributed by atoms with Crippen molar-refractivity contribution in [2.75, 3.05) is 12.4 Å². The van der Waals surface area contributed by atoms with Gasteiger partial charge in [0.15, 0.2) is 0 Å². The fourth-order valence-corrected chi connectivity index (χ4v) is 2.11. The Bertz CT molecular complexity index is 690. The van der Waals surface area contributed by atoms with Crippen molar-refractivity contribution in [2.24, 2.45) is 0 Å². The molecule has 5 nitrogen and oxygen atoms in total. The van der Waals surface area contributed by atoms with E-state index >= 15 is 0 Å². The van der Waals surface area contributed by atoms with Gasteiger partial charge < -0.3 is 15.0 Å². The van der Waals surface area contributed by atoms with Gasteiger partial charge >= 0.3 is 5.97 Å². The molecular weight excluding hydrogens is 275 g/mol. The maximum absolute atomic E-state index is 12.8. The topological polar surface area (TPSA) is 71.2 Å². The van der Waals surface area contributed by atoms with Crippen LogP contribution in [0.3, 0.4) is 0 Å². The number of carbonyl (C=O) groups excluding carboxylic acids is 2. The first-order valence-electron chi connectivity index (χ1n) is 6.28. The summed E-state index contributed by atoms with van der Waals surface area (Å²) in [6, 6.07) is 5.42. The summed E-state index contributed by atoms with van der Waals surface area (Å²) in [6.07, 6.45) is 0. The number of anilines is 1. The van der Waals surface area contributed by atoms with Gasteiger partial charge in [0.25, 0.3) is 5.91 Å². The molecule has 1 heterocycles. The molecule has 6 heteroatoms. The SMILES string of the molecule is COC(=O)c1c(C)[nH]c(C(=O)Nc2ccc(F)cc2)c1C. The van der Waals surface area contributed by atoms with Crippen LogP contribution in [0.5, 0.6) is 0 Å². The number of nitrogens with one attached hydrogen (secondary N) is 2. The predicted molar refractivity (Wildman–Crippen MR) is 76.0 cm³/mol. The van der Waals surface area contributed by atoms with Gasteiger partial charge in [0.05, 0.1) is 12.7 Å². The molecule has 0 aliphatic rings. The minimum absolute atomic E-state index is 0.275. The van der Waals surface area contributed by atoms with Gasteiger partial charge in [-0.3, -0.25) is 4.79 Å². The molecule has 0 aliphatic heterocycles. The highest BCUT2D eigenvalue weighted by Crippen LogP contribution is 2.20. The highest BCUT2D eigenvalue weighted by Gasteiger charge is 2.22. The van der Waals surface area contributed by atoms with Crippen molar-refractivity contribution in [3.8, 4) is 0 Å². The molecule has 2 rings (SSSR count). The summed E-state index contributed by atoms with van der Waals surface area (Å²) in [6.45, 7) is 3.35. The zero-order chi connectivity index (χ0) is 15.6. The lowest BCUT2D eigenvalue weighted by Crippen LogP contribution is -2.14. The van der Waals surface area contributed by atoms with Gasteiger partial charge in [-0.15, -0.1) is 0 Å². The van der Waals surface area contributed by atoms with Gasteiger partial charge in [0.1, 0.15) is 11.5 Å². The Morgan fingerprint density at radius 2 is 1.81 bits per heavy atom. The second-order valence-electron chi connectivity index (χ2n) is 4.58. The molecule has 1 amide bonds. The summed E-state index contributed by atoms with van der Waals surface area (Å²) in [5, 5.41) is 2.63. The van der Waals surface area contributed by atoms with E-state index in [0.29, 0.717) is 22.5 Å². The Balaban J connectivity index is 2.28. The minimum Gasteiger partial charge on any atom is -0.465 e. The molecule has 2 N–H and O–H groups in total. The van der Waals surface area contributed by atoms with E-state index < -0.39 is 11.9 Å². The number of aromatic amines is 1. The van der Waals surface area contributed by atoms with Crippen LogP contribution in [0.1, 0.15) is 32.1 Å². The smallest absolute Gasteiger partial charge is 0.339 e. The number of esters is 1. The first-order chi connectivity index (χ1) is 9.93. The van der Waals surface area contributed by atoms with Crippen molar-refractivity contribution >= 4 is 17.6 Å². The standard InChI is InChI=1S/C15H15FN2O3/c1-8-12(15(20)21-3)9(2)17-13(8)14(19)18-11-6-4-10(16)5-7-11/h4-7,17H,1-3H3,(H,18,19). The molecule has 0 bridgehead atoms. The maximum atomic E-state index is 12.8. The number of amides is 1. The second-order valence-corrected chi connectivity index (χ2v) is 4.58. The number of ether oxygens (including phenoxy) is 1. The number of halogens is 1. The average Bonchev–Trinajstić information content (AvgIpc) is 2.76. The zero-order valence-corrected chi connectivity index (χ0v) is 11.9. The molecule has 0 aliphatic carbocycles. The average molecular weight is 290 g/mol. The van der Waals surface area contributed by atoms with Crippen LogP contribution < -0.4 is 5.32 Å². The normalized spacial score (nSPS) is 10.3. The number of hydrogen-bond donors (Lipinski definition) is 2. The molecule has 21 heavy (non-hydrogen) atoms. The van der Waals surface area contributed by atoms with E-state index in [2.05, 4.69) is 10.3 Å². The zero-order valence-electron chi connectivity index (χ0n) is 11.9. The van der Waals surface area contributed by atoms with Gasteiger partial charge in [-0.25, -0.2) is 9.18 Å². The number of H-pyrrole nitrogens is 1. The van der Waals surface area contributed by atoms with E-state index in [1.807, 2.05) is 0 Å².